The molecule has 1 saturated heterocycles. The van der Waals surface area contributed by atoms with E-state index in [4.69, 9.17) is 4.74 Å². The van der Waals surface area contributed by atoms with E-state index in [0.717, 1.165) is 44.0 Å². The van der Waals surface area contributed by atoms with Gasteiger partial charge >= 0.3 is 0 Å². The van der Waals surface area contributed by atoms with Crippen LogP contribution in [0.25, 0.3) is 0 Å². The summed E-state index contributed by atoms with van der Waals surface area (Å²) in [5.41, 5.74) is 2.31. The smallest absolute Gasteiger partial charge is 0.191 e. The Bertz CT molecular complexity index is 769. The minimum absolute atomic E-state index is 0. The summed E-state index contributed by atoms with van der Waals surface area (Å²) < 4.78 is 19.3. The number of nitrogens with zero attached hydrogens (tertiary/aromatic N) is 2. The third kappa shape index (κ3) is 7.85. The van der Waals surface area contributed by atoms with Crippen LogP contribution < -0.4 is 10.6 Å². The first kappa shape index (κ1) is 24.6. The number of hydrogen-bond acceptors (Lipinski definition) is 3. The normalized spacial score (nSPS) is 15.9. The highest BCUT2D eigenvalue weighted by atomic mass is 127. The van der Waals surface area contributed by atoms with E-state index in [9.17, 15) is 4.39 Å². The van der Waals surface area contributed by atoms with E-state index < -0.39 is 0 Å². The molecule has 2 aromatic rings. The van der Waals surface area contributed by atoms with E-state index in [2.05, 4.69) is 44.8 Å². The second kappa shape index (κ2) is 13.6. The van der Waals surface area contributed by atoms with E-state index in [-0.39, 0.29) is 35.8 Å². The molecule has 1 heterocycles. The summed E-state index contributed by atoms with van der Waals surface area (Å²) >= 11 is 0. The van der Waals surface area contributed by atoms with Crippen molar-refractivity contribution < 1.29 is 9.13 Å². The van der Waals surface area contributed by atoms with Crippen LogP contribution in [0.3, 0.4) is 0 Å². The van der Waals surface area contributed by atoms with Gasteiger partial charge in [-0.1, -0.05) is 42.5 Å². The van der Waals surface area contributed by atoms with Gasteiger partial charge in [0.05, 0.1) is 19.3 Å². The zero-order chi connectivity index (χ0) is 20.3. The quantitative estimate of drug-likeness (QED) is 0.239. The maximum absolute atomic E-state index is 13.8. The number of benzene rings is 2. The van der Waals surface area contributed by atoms with Gasteiger partial charge in [-0.15, -0.1) is 24.0 Å². The summed E-state index contributed by atoms with van der Waals surface area (Å²) in [7, 11) is 1.78. The van der Waals surface area contributed by atoms with Gasteiger partial charge in [-0.3, -0.25) is 9.89 Å². The lowest BCUT2D eigenvalue weighted by molar-refractivity contribution is 0.0169. The third-order valence-electron chi connectivity index (χ3n) is 5.18. The second-order valence-electron chi connectivity index (χ2n) is 7.19. The molecule has 7 heteroatoms. The third-order valence-corrected chi connectivity index (χ3v) is 5.18. The SMILES string of the molecule is CN=C(NCCCc1ccccc1)NCC(c1cccc(F)c1)N1CCOCC1.I. The van der Waals surface area contributed by atoms with E-state index in [1.807, 2.05) is 12.1 Å². The van der Waals surface area contributed by atoms with Gasteiger partial charge in [-0.25, -0.2) is 4.39 Å². The standard InChI is InChI=1S/C23H31FN4O.HI/c1-25-23(26-12-6-9-19-7-3-2-4-8-19)27-18-22(28-13-15-29-16-14-28)20-10-5-11-21(24)17-20;/h2-5,7-8,10-11,17,22H,6,9,12-16,18H2,1H3,(H2,25,26,27);1H. The zero-order valence-corrected chi connectivity index (χ0v) is 19.8. The van der Waals surface area contributed by atoms with Gasteiger partial charge in [0.15, 0.2) is 5.96 Å². The molecule has 1 atom stereocenters. The highest BCUT2D eigenvalue weighted by Gasteiger charge is 2.23. The largest absolute Gasteiger partial charge is 0.379 e. The Morgan fingerprint density at radius 3 is 2.57 bits per heavy atom. The zero-order valence-electron chi connectivity index (χ0n) is 17.5. The van der Waals surface area contributed by atoms with E-state index >= 15 is 0 Å². The van der Waals surface area contributed by atoms with E-state index in [1.165, 1.54) is 11.6 Å². The van der Waals surface area contributed by atoms with Crippen molar-refractivity contribution in [2.45, 2.75) is 18.9 Å². The number of guanidine groups is 1. The van der Waals surface area contributed by atoms with Crippen molar-refractivity contribution in [1.82, 2.24) is 15.5 Å². The van der Waals surface area contributed by atoms with Crippen molar-refractivity contribution in [3.63, 3.8) is 0 Å². The first-order valence-corrected chi connectivity index (χ1v) is 10.3. The Labute approximate surface area is 196 Å². The molecule has 0 saturated carbocycles. The number of halogens is 2. The summed E-state index contributed by atoms with van der Waals surface area (Å²) in [5, 5.41) is 6.80. The predicted octanol–water partition coefficient (Wildman–Crippen LogP) is 3.61. The molecule has 0 aromatic heterocycles. The summed E-state index contributed by atoms with van der Waals surface area (Å²) in [6.07, 6.45) is 2.06. The van der Waals surface area contributed by atoms with Gasteiger partial charge in [0.2, 0.25) is 0 Å². The highest BCUT2D eigenvalue weighted by Crippen LogP contribution is 2.22. The van der Waals surface area contributed by atoms with Gasteiger partial charge in [0.25, 0.3) is 0 Å². The first-order valence-electron chi connectivity index (χ1n) is 10.3. The summed E-state index contributed by atoms with van der Waals surface area (Å²) in [6, 6.07) is 17.4. The molecule has 1 aliphatic heterocycles. The molecule has 0 amide bonds. The lowest BCUT2D eigenvalue weighted by atomic mass is 10.0. The minimum Gasteiger partial charge on any atom is -0.379 e. The molecular weight excluding hydrogens is 494 g/mol. The van der Waals surface area contributed by atoms with Crippen LogP contribution in [0.4, 0.5) is 4.39 Å². The number of ether oxygens (including phenoxy) is 1. The highest BCUT2D eigenvalue weighted by molar-refractivity contribution is 14.0. The van der Waals surface area contributed by atoms with E-state index in [1.54, 1.807) is 19.2 Å². The summed E-state index contributed by atoms with van der Waals surface area (Å²) in [5.74, 6) is 0.567. The molecule has 5 nitrogen and oxygen atoms in total. The van der Waals surface area contributed by atoms with Crippen molar-refractivity contribution in [1.29, 1.82) is 0 Å². The fraction of sp³-hybridized carbons (Fsp3) is 0.435. The Kier molecular flexibility index (Phi) is 11.1. The molecule has 1 unspecified atom stereocenters. The van der Waals surface area contributed by atoms with Crippen molar-refractivity contribution in [3.05, 3.63) is 71.5 Å². The fourth-order valence-corrected chi connectivity index (χ4v) is 3.62. The Balaban J connectivity index is 0.00000320. The van der Waals surface area contributed by atoms with Crippen LogP contribution in [0.2, 0.25) is 0 Å². The van der Waals surface area contributed by atoms with Crippen molar-refractivity contribution >= 4 is 29.9 Å². The number of aryl methyl sites for hydroxylation is 1. The molecule has 1 aliphatic rings. The average molecular weight is 526 g/mol. The minimum atomic E-state index is -0.204. The molecule has 0 aliphatic carbocycles. The second-order valence-corrected chi connectivity index (χ2v) is 7.19. The van der Waals surface area contributed by atoms with Crippen LogP contribution in [-0.4, -0.2) is 57.3 Å². The van der Waals surface area contributed by atoms with Crippen LogP contribution >= 0.6 is 24.0 Å². The maximum Gasteiger partial charge on any atom is 0.191 e. The molecule has 3 rings (SSSR count). The molecule has 1 fully saturated rings. The molecular formula is C23H32FIN4O. The van der Waals surface area contributed by atoms with Crippen molar-refractivity contribution in [2.24, 2.45) is 4.99 Å². The van der Waals surface area contributed by atoms with Crippen LogP contribution in [-0.2, 0) is 11.2 Å². The number of morpholine rings is 1. The van der Waals surface area contributed by atoms with Crippen molar-refractivity contribution in [2.75, 3.05) is 46.4 Å². The Morgan fingerprint density at radius 1 is 1.10 bits per heavy atom. The molecule has 0 bridgehead atoms. The number of rotatable bonds is 8. The Hall–Kier alpha value is -1.71. The topological polar surface area (TPSA) is 48.9 Å². The predicted molar refractivity (Wildman–Crippen MR) is 131 cm³/mol. The summed E-state index contributed by atoms with van der Waals surface area (Å²) in [6.45, 7) is 4.59. The van der Waals surface area contributed by atoms with Crippen LogP contribution in [0, 0.1) is 5.82 Å². The maximum atomic E-state index is 13.8. The molecule has 0 spiro atoms. The van der Waals surface area contributed by atoms with Crippen molar-refractivity contribution in [3.8, 4) is 0 Å². The van der Waals surface area contributed by atoms with Gasteiger partial charge in [-0.05, 0) is 36.1 Å². The summed E-state index contributed by atoms with van der Waals surface area (Å²) in [4.78, 5) is 6.68. The molecule has 30 heavy (non-hydrogen) atoms. The molecule has 164 valence electrons. The van der Waals surface area contributed by atoms with Crippen LogP contribution in [0.5, 0.6) is 0 Å². The number of aliphatic imine (C=N–C) groups is 1. The molecule has 0 radical (unpaired) electrons. The molecule has 2 N–H and O–H groups in total. The van der Waals surface area contributed by atoms with E-state index in [0.29, 0.717) is 19.8 Å². The lowest BCUT2D eigenvalue weighted by Gasteiger charge is -2.35. The first-order chi connectivity index (χ1) is 14.3. The van der Waals surface area contributed by atoms with Gasteiger partial charge in [0.1, 0.15) is 5.82 Å². The monoisotopic (exact) mass is 526 g/mol. The lowest BCUT2D eigenvalue weighted by Crippen LogP contribution is -2.46. The van der Waals surface area contributed by atoms with Crippen LogP contribution in [0.1, 0.15) is 23.6 Å². The van der Waals surface area contributed by atoms with Gasteiger partial charge in [-0.2, -0.15) is 0 Å². The molecule has 2 aromatic carbocycles. The Morgan fingerprint density at radius 2 is 1.87 bits per heavy atom. The fourth-order valence-electron chi connectivity index (χ4n) is 3.62. The van der Waals surface area contributed by atoms with Gasteiger partial charge in [0, 0.05) is 33.2 Å². The van der Waals surface area contributed by atoms with Gasteiger partial charge < -0.3 is 15.4 Å². The number of hydrogen-bond donors (Lipinski definition) is 2. The number of nitrogens with one attached hydrogen (secondary N) is 2. The van der Waals surface area contributed by atoms with Crippen LogP contribution in [0.15, 0.2) is 59.6 Å². The average Bonchev–Trinajstić information content (AvgIpc) is 2.77.